The van der Waals surface area contributed by atoms with Crippen LogP contribution in [-0.4, -0.2) is 34.5 Å². The smallest absolute Gasteiger partial charge is 0.305 e. The molecule has 1 rings (SSSR count). The molecule has 104 valence electrons. The Balaban J connectivity index is 2.99. The lowest BCUT2D eigenvalue weighted by atomic mass is 10.1. The van der Waals surface area contributed by atoms with Gasteiger partial charge in [0, 0.05) is 17.1 Å². The molecule has 0 radical (unpaired) electrons. The van der Waals surface area contributed by atoms with Crippen molar-refractivity contribution >= 4 is 27.8 Å². The summed E-state index contributed by atoms with van der Waals surface area (Å²) in [5, 5.41) is 8.75. The van der Waals surface area contributed by atoms with Crippen LogP contribution in [0.1, 0.15) is 36.2 Å². The Morgan fingerprint density at radius 3 is 2.53 bits per heavy atom. The maximum absolute atomic E-state index is 12.5. The van der Waals surface area contributed by atoms with Gasteiger partial charge in [0.25, 0.3) is 5.91 Å². The van der Waals surface area contributed by atoms with Gasteiger partial charge >= 0.3 is 5.97 Å². The average molecular weight is 328 g/mol. The predicted molar refractivity (Wildman–Crippen MR) is 77.3 cm³/mol. The second-order valence-corrected chi connectivity index (χ2v) is 5.57. The third kappa shape index (κ3) is 4.35. The molecule has 0 atom stereocenters. The molecular weight excluding hydrogens is 310 g/mol. The molecule has 1 aromatic carbocycles. The monoisotopic (exact) mass is 327 g/mol. The number of aliphatic carboxylic acids is 1. The largest absolute Gasteiger partial charge is 0.481 e. The van der Waals surface area contributed by atoms with Crippen LogP contribution in [0.3, 0.4) is 0 Å². The van der Waals surface area contributed by atoms with Gasteiger partial charge in [-0.2, -0.15) is 0 Å². The fourth-order valence-corrected chi connectivity index (χ4v) is 2.18. The quantitative estimate of drug-likeness (QED) is 0.904. The Kier molecular flexibility index (Phi) is 5.54. The minimum atomic E-state index is -0.901. The van der Waals surface area contributed by atoms with Crippen LogP contribution in [0.5, 0.6) is 0 Å². The SMILES string of the molecule is Cc1ccc(Br)c(C(=O)N(CCC(=O)O)C(C)C)c1. The lowest BCUT2D eigenvalue weighted by Crippen LogP contribution is -2.38. The van der Waals surface area contributed by atoms with Crippen molar-refractivity contribution in [1.29, 1.82) is 0 Å². The predicted octanol–water partition coefficient (Wildman–Crippen LogP) is 3.08. The van der Waals surface area contributed by atoms with Gasteiger partial charge in [0.1, 0.15) is 0 Å². The van der Waals surface area contributed by atoms with Crippen molar-refractivity contribution in [2.75, 3.05) is 6.54 Å². The second-order valence-electron chi connectivity index (χ2n) is 4.72. The van der Waals surface area contributed by atoms with E-state index in [1.54, 1.807) is 4.90 Å². The molecule has 1 amide bonds. The van der Waals surface area contributed by atoms with Crippen molar-refractivity contribution in [1.82, 2.24) is 4.90 Å². The Labute approximate surface area is 121 Å². The minimum Gasteiger partial charge on any atom is -0.481 e. The maximum atomic E-state index is 12.5. The van der Waals surface area contributed by atoms with Gasteiger partial charge in [-0.05, 0) is 48.8 Å². The van der Waals surface area contributed by atoms with Crippen LogP contribution in [0, 0.1) is 6.92 Å². The van der Waals surface area contributed by atoms with E-state index in [0.29, 0.717) is 5.56 Å². The van der Waals surface area contributed by atoms with E-state index in [1.165, 1.54) is 0 Å². The Morgan fingerprint density at radius 1 is 1.37 bits per heavy atom. The van der Waals surface area contributed by atoms with Gasteiger partial charge in [-0.15, -0.1) is 0 Å². The van der Waals surface area contributed by atoms with Crippen molar-refractivity contribution in [2.45, 2.75) is 33.2 Å². The van der Waals surface area contributed by atoms with E-state index in [2.05, 4.69) is 15.9 Å². The molecule has 4 nitrogen and oxygen atoms in total. The molecule has 0 spiro atoms. The van der Waals surface area contributed by atoms with Crippen LogP contribution >= 0.6 is 15.9 Å². The van der Waals surface area contributed by atoms with E-state index < -0.39 is 5.97 Å². The Morgan fingerprint density at radius 2 is 2.00 bits per heavy atom. The highest BCUT2D eigenvalue weighted by molar-refractivity contribution is 9.10. The average Bonchev–Trinajstić information content (AvgIpc) is 2.31. The van der Waals surface area contributed by atoms with Crippen LogP contribution in [-0.2, 0) is 4.79 Å². The molecule has 0 fully saturated rings. The lowest BCUT2D eigenvalue weighted by Gasteiger charge is -2.26. The summed E-state index contributed by atoms with van der Waals surface area (Å²) in [6, 6.07) is 5.51. The molecule has 0 aliphatic heterocycles. The molecule has 1 N–H and O–H groups in total. The molecule has 0 heterocycles. The first-order chi connectivity index (χ1) is 8.82. The van der Waals surface area contributed by atoms with Gasteiger partial charge in [0.05, 0.1) is 12.0 Å². The normalized spacial score (nSPS) is 10.6. The van der Waals surface area contributed by atoms with Gasteiger partial charge in [-0.1, -0.05) is 11.6 Å². The Bertz CT molecular complexity index is 486. The molecule has 0 saturated carbocycles. The molecule has 0 saturated heterocycles. The van der Waals surface area contributed by atoms with Gasteiger partial charge in [0.2, 0.25) is 0 Å². The van der Waals surface area contributed by atoms with Crippen molar-refractivity contribution in [2.24, 2.45) is 0 Å². The lowest BCUT2D eigenvalue weighted by molar-refractivity contribution is -0.137. The molecule has 0 bridgehead atoms. The highest BCUT2D eigenvalue weighted by Gasteiger charge is 2.21. The molecule has 0 aliphatic rings. The number of carbonyl (C=O) groups is 2. The van der Waals surface area contributed by atoms with E-state index in [9.17, 15) is 9.59 Å². The fraction of sp³-hybridized carbons (Fsp3) is 0.429. The van der Waals surface area contributed by atoms with Crippen molar-refractivity contribution in [3.05, 3.63) is 33.8 Å². The van der Waals surface area contributed by atoms with Gasteiger partial charge in [-0.3, -0.25) is 9.59 Å². The van der Waals surface area contributed by atoms with E-state index in [-0.39, 0.29) is 24.9 Å². The number of aryl methyl sites for hydroxylation is 1. The fourth-order valence-electron chi connectivity index (χ4n) is 1.77. The summed E-state index contributed by atoms with van der Waals surface area (Å²) in [5.41, 5.74) is 1.56. The van der Waals surface area contributed by atoms with Gasteiger partial charge in [-0.25, -0.2) is 0 Å². The molecule has 5 heteroatoms. The van der Waals surface area contributed by atoms with Crippen LogP contribution in [0.25, 0.3) is 0 Å². The first-order valence-corrected chi connectivity index (χ1v) is 6.91. The topological polar surface area (TPSA) is 57.6 Å². The van der Waals surface area contributed by atoms with Crippen molar-refractivity contribution < 1.29 is 14.7 Å². The molecular formula is C14H18BrNO3. The van der Waals surface area contributed by atoms with E-state index in [4.69, 9.17) is 5.11 Å². The molecule has 0 aliphatic carbocycles. The maximum Gasteiger partial charge on any atom is 0.305 e. The van der Waals surface area contributed by atoms with Crippen molar-refractivity contribution in [3.8, 4) is 0 Å². The molecule has 0 unspecified atom stereocenters. The first kappa shape index (κ1) is 15.7. The summed E-state index contributed by atoms with van der Waals surface area (Å²) < 4.78 is 0.726. The minimum absolute atomic E-state index is 0.0423. The zero-order valence-electron chi connectivity index (χ0n) is 11.3. The number of amides is 1. The van der Waals surface area contributed by atoms with E-state index in [1.807, 2.05) is 39.0 Å². The van der Waals surface area contributed by atoms with E-state index in [0.717, 1.165) is 10.0 Å². The standard InChI is InChI=1S/C14H18BrNO3/c1-9(2)16(7-6-13(17)18)14(19)11-8-10(3)4-5-12(11)15/h4-5,8-9H,6-7H2,1-3H3,(H,17,18). The first-order valence-electron chi connectivity index (χ1n) is 6.12. The number of rotatable bonds is 5. The van der Waals surface area contributed by atoms with E-state index >= 15 is 0 Å². The number of carboxylic acids is 1. The summed E-state index contributed by atoms with van der Waals surface area (Å²) in [6.45, 7) is 5.89. The van der Waals surface area contributed by atoms with Crippen LogP contribution in [0.4, 0.5) is 0 Å². The van der Waals surface area contributed by atoms with Gasteiger partial charge in [0.15, 0.2) is 0 Å². The Hall–Kier alpha value is -1.36. The number of hydrogen-bond donors (Lipinski definition) is 1. The van der Waals surface area contributed by atoms with Crippen LogP contribution in [0.15, 0.2) is 22.7 Å². The van der Waals surface area contributed by atoms with Crippen LogP contribution < -0.4 is 0 Å². The third-order valence-electron chi connectivity index (χ3n) is 2.80. The second kappa shape index (κ2) is 6.70. The zero-order valence-corrected chi connectivity index (χ0v) is 12.9. The van der Waals surface area contributed by atoms with Crippen LogP contribution in [0.2, 0.25) is 0 Å². The van der Waals surface area contributed by atoms with Crippen molar-refractivity contribution in [3.63, 3.8) is 0 Å². The number of carbonyl (C=O) groups excluding carboxylic acids is 1. The number of carboxylic acid groups (broad SMARTS) is 1. The molecule has 19 heavy (non-hydrogen) atoms. The molecule has 0 aromatic heterocycles. The summed E-state index contributed by atoms with van der Waals surface area (Å²) in [4.78, 5) is 24.7. The third-order valence-corrected chi connectivity index (χ3v) is 3.49. The summed E-state index contributed by atoms with van der Waals surface area (Å²) in [5.74, 6) is -1.05. The van der Waals surface area contributed by atoms with Gasteiger partial charge < -0.3 is 10.0 Å². The zero-order chi connectivity index (χ0) is 14.6. The number of halogens is 1. The molecule has 1 aromatic rings. The summed E-state index contributed by atoms with van der Waals surface area (Å²) in [7, 11) is 0. The number of hydrogen-bond acceptors (Lipinski definition) is 2. The highest BCUT2D eigenvalue weighted by atomic mass is 79.9. The summed E-state index contributed by atoms with van der Waals surface area (Å²) >= 11 is 3.36. The number of benzene rings is 1. The number of nitrogens with zero attached hydrogens (tertiary/aromatic N) is 1. The highest BCUT2D eigenvalue weighted by Crippen LogP contribution is 2.21. The summed E-state index contributed by atoms with van der Waals surface area (Å²) in [6.07, 6.45) is -0.0483.